The summed E-state index contributed by atoms with van der Waals surface area (Å²) in [5.41, 5.74) is 0.570. The molecule has 74 valence electrons. The van der Waals surface area contributed by atoms with Crippen molar-refractivity contribution in [3.63, 3.8) is 0 Å². The quantitative estimate of drug-likeness (QED) is 0.688. The van der Waals surface area contributed by atoms with Gasteiger partial charge in [-0.05, 0) is 6.07 Å². The molecule has 1 aliphatic heterocycles. The van der Waals surface area contributed by atoms with E-state index in [9.17, 15) is 9.00 Å². The van der Waals surface area contributed by atoms with Crippen LogP contribution in [0.4, 0.5) is 5.69 Å². The first kappa shape index (κ1) is 9.33. The number of hydrogen-bond donors (Lipinski definition) is 1. The molecule has 2 heterocycles. The largest absolute Gasteiger partial charge is 0.323 e. The van der Waals surface area contributed by atoms with Crippen LogP contribution in [0.3, 0.4) is 0 Å². The van der Waals surface area contributed by atoms with Gasteiger partial charge in [0.05, 0.1) is 27.6 Å². The molecule has 0 radical (unpaired) electrons. The fourth-order valence-corrected chi connectivity index (χ4v) is 2.67. The van der Waals surface area contributed by atoms with Crippen LogP contribution >= 0.6 is 0 Å². The Morgan fingerprint density at radius 2 is 2.43 bits per heavy atom. The van der Waals surface area contributed by atoms with E-state index in [1.54, 1.807) is 19.2 Å². The Morgan fingerprint density at radius 3 is 3.21 bits per heavy atom. The first-order valence-corrected chi connectivity index (χ1v) is 5.63. The number of nitrogens with one attached hydrogen (secondary N) is 1. The first-order valence-electron chi connectivity index (χ1n) is 4.31. The predicted molar refractivity (Wildman–Crippen MR) is 53.3 cm³/mol. The monoisotopic (exact) mass is 210 g/mol. The van der Waals surface area contributed by atoms with Gasteiger partial charge in [-0.15, -0.1) is 0 Å². The zero-order valence-corrected chi connectivity index (χ0v) is 8.50. The Kier molecular flexibility index (Phi) is 2.33. The van der Waals surface area contributed by atoms with Gasteiger partial charge in [0.1, 0.15) is 0 Å². The maximum atomic E-state index is 11.8. The molecule has 1 aliphatic rings. The Morgan fingerprint density at radius 1 is 1.64 bits per heavy atom. The molecule has 1 N–H and O–H groups in total. The third-order valence-corrected chi connectivity index (χ3v) is 3.78. The second kappa shape index (κ2) is 3.49. The van der Waals surface area contributed by atoms with Crippen molar-refractivity contribution in [3.8, 4) is 0 Å². The molecular weight excluding hydrogens is 200 g/mol. The number of rotatable bonds is 0. The number of carbonyl (C=O) groups is 1. The van der Waals surface area contributed by atoms with E-state index in [0.717, 1.165) is 0 Å². The zero-order chi connectivity index (χ0) is 10.1. The number of anilines is 1. The topological polar surface area (TPSA) is 59.1 Å². The summed E-state index contributed by atoms with van der Waals surface area (Å²) in [4.78, 5) is 16.0. The highest BCUT2D eigenvalue weighted by atomic mass is 32.2. The molecular formula is C9H10N2O2S. The molecule has 0 bridgehead atoms. The summed E-state index contributed by atoms with van der Waals surface area (Å²) in [5.74, 6) is 0.0661. The second-order valence-electron chi connectivity index (χ2n) is 3.27. The normalized spacial score (nSPS) is 26.2. The summed E-state index contributed by atoms with van der Waals surface area (Å²) in [6.45, 7) is 1.77. The predicted octanol–water partition coefficient (Wildman–Crippen LogP) is 0.777. The minimum atomic E-state index is -1.11. The Balaban J connectivity index is 2.48. The SMILES string of the molecule is CC1CS(=O)c2ccncc2NC1=O. The van der Waals surface area contributed by atoms with Crippen LogP contribution < -0.4 is 5.32 Å². The van der Waals surface area contributed by atoms with Crippen molar-refractivity contribution in [2.24, 2.45) is 5.92 Å². The highest BCUT2D eigenvalue weighted by molar-refractivity contribution is 7.85. The van der Waals surface area contributed by atoms with Crippen LogP contribution in [0.25, 0.3) is 0 Å². The molecule has 0 fully saturated rings. The zero-order valence-electron chi connectivity index (χ0n) is 7.69. The average Bonchev–Trinajstić information content (AvgIpc) is 2.27. The molecule has 0 saturated heterocycles. The summed E-state index contributed by atoms with van der Waals surface area (Å²) in [6, 6.07) is 1.68. The molecule has 2 rings (SSSR count). The van der Waals surface area contributed by atoms with Crippen LogP contribution in [-0.4, -0.2) is 20.9 Å². The number of nitrogens with zero attached hydrogens (tertiary/aromatic N) is 1. The summed E-state index contributed by atoms with van der Waals surface area (Å²) in [7, 11) is -1.11. The van der Waals surface area contributed by atoms with Crippen molar-refractivity contribution in [2.45, 2.75) is 11.8 Å². The minimum absolute atomic E-state index is 0.0925. The number of pyridine rings is 1. The highest BCUT2D eigenvalue weighted by Crippen LogP contribution is 2.23. The van der Waals surface area contributed by atoms with Crippen LogP contribution in [0.5, 0.6) is 0 Å². The van der Waals surface area contributed by atoms with E-state index in [1.807, 2.05) is 0 Å². The molecule has 2 unspecified atom stereocenters. The fourth-order valence-electron chi connectivity index (χ4n) is 1.32. The molecule has 14 heavy (non-hydrogen) atoms. The van der Waals surface area contributed by atoms with Gasteiger partial charge in [-0.1, -0.05) is 6.92 Å². The lowest BCUT2D eigenvalue weighted by Crippen LogP contribution is -2.21. The summed E-state index contributed by atoms with van der Waals surface area (Å²) >= 11 is 0. The van der Waals surface area contributed by atoms with Crippen molar-refractivity contribution in [1.29, 1.82) is 0 Å². The molecule has 0 aliphatic carbocycles. The molecule has 1 aromatic heterocycles. The van der Waals surface area contributed by atoms with Crippen LogP contribution in [0.1, 0.15) is 6.92 Å². The lowest BCUT2D eigenvalue weighted by atomic mass is 10.2. The van der Waals surface area contributed by atoms with Gasteiger partial charge in [-0.25, -0.2) is 0 Å². The lowest BCUT2D eigenvalue weighted by molar-refractivity contribution is -0.118. The van der Waals surface area contributed by atoms with Crippen molar-refractivity contribution in [3.05, 3.63) is 18.5 Å². The second-order valence-corrected chi connectivity index (χ2v) is 4.74. The van der Waals surface area contributed by atoms with Gasteiger partial charge in [-0.3, -0.25) is 14.0 Å². The van der Waals surface area contributed by atoms with E-state index < -0.39 is 10.8 Å². The Bertz CT molecular complexity index is 406. The van der Waals surface area contributed by atoms with Gasteiger partial charge in [0.15, 0.2) is 0 Å². The van der Waals surface area contributed by atoms with E-state index in [1.165, 1.54) is 6.20 Å². The van der Waals surface area contributed by atoms with Crippen molar-refractivity contribution in [1.82, 2.24) is 4.98 Å². The Hall–Kier alpha value is -1.23. The third-order valence-electron chi connectivity index (χ3n) is 2.13. The molecule has 0 spiro atoms. The van der Waals surface area contributed by atoms with Crippen LogP contribution in [-0.2, 0) is 15.6 Å². The Labute approximate surface area is 84.2 Å². The van der Waals surface area contributed by atoms with Crippen molar-refractivity contribution in [2.75, 3.05) is 11.1 Å². The summed E-state index contributed by atoms with van der Waals surface area (Å²) in [6.07, 6.45) is 3.11. The fraction of sp³-hybridized carbons (Fsp3) is 0.333. The molecule has 1 aromatic rings. The molecule has 0 saturated carbocycles. The van der Waals surface area contributed by atoms with Crippen LogP contribution in [0, 0.1) is 5.92 Å². The molecule has 0 aromatic carbocycles. The minimum Gasteiger partial charge on any atom is -0.323 e. The maximum Gasteiger partial charge on any atom is 0.228 e. The van der Waals surface area contributed by atoms with E-state index in [-0.39, 0.29) is 11.8 Å². The molecule has 1 amide bonds. The molecule has 4 nitrogen and oxygen atoms in total. The lowest BCUT2D eigenvalue weighted by Gasteiger charge is -2.04. The first-order chi connectivity index (χ1) is 6.68. The van der Waals surface area contributed by atoms with Crippen LogP contribution in [0.2, 0.25) is 0 Å². The number of hydrogen-bond acceptors (Lipinski definition) is 3. The number of fused-ring (bicyclic) bond motifs is 1. The molecule has 2 atom stereocenters. The van der Waals surface area contributed by atoms with E-state index >= 15 is 0 Å². The summed E-state index contributed by atoms with van der Waals surface area (Å²) < 4.78 is 11.8. The standard InChI is InChI=1S/C9H10N2O2S/c1-6-5-14(13)8-2-3-10-4-7(8)11-9(6)12/h2-4,6H,5H2,1H3,(H,11,12). The van der Waals surface area contributed by atoms with Gasteiger partial charge in [0.25, 0.3) is 0 Å². The van der Waals surface area contributed by atoms with E-state index in [4.69, 9.17) is 0 Å². The third kappa shape index (κ3) is 1.55. The van der Waals surface area contributed by atoms with Crippen molar-refractivity contribution >= 4 is 22.4 Å². The highest BCUT2D eigenvalue weighted by Gasteiger charge is 2.24. The van der Waals surface area contributed by atoms with Gasteiger partial charge in [-0.2, -0.15) is 0 Å². The maximum absolute atomic E-state index is 11.8. The number of aromatic nitrogens is 1. The van der Waals surface area contributed by atoms with E-state index in [2.05, 4.69) is 10.3 Å². The van der Waals surface area contributed by atoms with Crippen molar-refractivity contribution < 1.29 is 9.00 Å². The van der Waals surface area contributed by atoms with Gasteiger partial charge in [0, 0.05) is 17.9 Å². The number of amides is 1. The smallest absolute Gasteiger partial charge is 0.228 e. The van der Waals surface area contributed by atoms with Gasteiger partial charge in [0.2, 0.25) is 5.91 Å². The van der Waals surface area contributed by atoms with Gasteiger partial charge < -0.3 is 5.32 Å². The molecule has 5 heteroatoms. The average molecular weight is 210 g/mol. The van der Waals surface area contributed by atoms with Crippen LogP contribution in [0.15, 0.2) is 23.4 Å². The van der Waals surface area contributed by atoms with Gasteiger partial charge >= 0.3 is 0 Å². The number of carbonyl (C=O) groups excluding carboxylic acids is 1. The summed E-state index contributed by atoms with van der Waals surface area (Å²) in [5, 5.41) is 2.71. The van der Waals surface area contributed by atoms with E-state index in [0.29, 0.717) is 16.3 Å².